The highest BCUT2D eigenvalue weighted by atomic mass is 32.2. The van der Waals surface area contributed by atoms with E-state index in [1.807, 2.05) is 43.3 Å². The van der Waals surface area contributed by atoms with Gasteiger partial charge in [-0.25, -0.2) is 0 Å². The Balaban J connectivity index is 1.94. The van der Waals surface area contributed by atoms with Crippen LogP contribution in [0.5, 0.6) is 0 Å². The van der Waals surface area contributed by atoms with Crippen molar-refractivity contribution in [2.45, 2.75) is 25.3 Å². The predicted octanol–water partition coefficient (Wildman–Crippen LogP) is 4.59. The minimum Gasteiger partial charge on any atom is -0.380 e. The van der Waals surface area contributed by atoms with Gasteiger partial charge in [0.15, 0.2) is 4.80 Å². The SMILES string of the molecule is CCOCCn1c(=NC(=O)c2ccc(SCC)cc2)sc2ccccc21. The number of aromatic nitrogens is 1. The van der Waals surface area contributed by atoms with Crippen LogP contribution < -0.4 is 4.80 Å². The van der Waals surface area contributed by atoms with Crippen molar-refractivity contribution in [3.63, 3.8) is 0 Å². The van der Waals surface area contributed by atoms with Gasteiger partial charge in [-0.15, -0.1) is 11.8 Å². The third kappa shape index (κ3) is 4.44. The molecule has 4 nitrogen and oxygen atoms in total. The van der Waals surface area contributed by atoms with E-state index >= 15 is 0 Å². The lowest BCUT2D eigenvalue weighted by Gasteiger charge is -2.05. The second-order valence-corrected chi connectivity index (χ2v) is 7.92. The summed E-state index contributed by atoms with van der Waals surface area (Å²) in [6.45, 7) is 6.04. The van der Waals surface area contributed by atoms with Gasteiger partial charge in [-0.2, -0.15) is 4.99 Å². The number of amides is 1. The maximum absolute atomic E-state index is 12.6. The van der Waals surface area contributed by atoms with E-state index < -0.39 is 0 Å². The Hall–Kier alpha value is -1.89. The number of para-hydroxylation sites is 1. The molecule has 0 unspecified atom stereocenters. The molecule has 0 aliphatic carbocycles. The van der Waals surface area contributed by atoms with Crippen molar-refractivity contribution in [1.29, 1.82) is 0 Å². The summed E-state index contributed by atoms with van der Waals surface area (Å²) in [6.07, 6.45) is 0. The zero-order chi connectivity index (χ0) is 18.4. The first-order chi connectivity index (χ1) is 12.7. The second kappa shape index (κ2) is 9.16. The Bertz CT molecular complexity index is 942. The maximum Gasteiger partial charge on any atom is 0.279 e. The number of rotatable bonds is 7. The molecule has 0 saturated heterocycles. The first kappa shape index (κ1) is 18.9. The van der Waals surface area contributed by atoms with E-state index in [-0.39, 0.29) is 5.91 Å². The van der Waals surface area contributed by atoms with Crippen LogP contribution in [0.15, 0.2) is 58.4 Å². The summed E-state index contributed by atoms with van der Waals surface area (Å²) in [4.78, 5) is 18.9. The Morgan fingerprint density at radius 2 is 1.92 bits per heavy atom. The summed E-state index contributed by atoms with van der Waals surface area (Å²) in [6, 6.07) is 15.8. The molecule has 1 heterocycles. The second-order valence-electron chi connectivity index (χ2n) is 5.58. The molecule has 0 saturated carbocycles. The summed E-state index contributed by atoms with van der Waals surface area (Å²) in [7, 11) is 0. The lowest BCUT2D eigenvalue weighted by molar-refractivity contribution is 0.0996. The van der Waals surface area contributed by atoms with Crippen LogP contribution in [0.3, 0.4) is 0 Å². The van der Waals surface area contributed by atoms with Crippen LogP contribution in [0.2, 0.25) is 0 Å². The average molecular weight is 387 g/mol. The lowest BCUT2D eigenvalue weighted by Crippen LogP contribution is -2.19. The highest BCUT2D eigenvalue weighted by molar-refractivity contribution is 7.99. The number of ether oxygens (including phenoxy) is 1. The molecule has 3 rings (SSSR count). The first-order valence-corrected chi connectivity index (χ1v) is 10.5. The Labute approximate surface area is 161 Å². The molecule has 3 aromatic rings. The van der Waals surface area contributed by atoms with Crippen molar-refractivity contribution in [3.05, 3.63) is 58.9 Å². The van der Waals surface area contributed by atoms with Crippen LogP contribution in [0, 0.1) is 0 Å². The minimum absolute atomic E-state index is 0.213. The average Bonchev–Trinajstić information content (AvgIpc) is 3.00. The highest BCUT2D eigenvalue weighted by Gasteiger charge is 2.09. The van der Waals surface area contributed by atoms with Gasteiger partial charge in [-0.05, 0) is 49.1 Å². The summed E-state index contributed by atoms with van der Waals surface area (Å²) in [5, 5.41) is 0. The smallest absolute Gasteiger partial charge is 0.279 e. The van der Waals surface area contributed by atoms with Gasteiger partial charge in [0.2, 0.25) is 0 Å². The summed E-state index contributed by atoms with van der Waals surface area (Å²) in [5.74, 6) is 0.800. The standard InChI is InChI=1S/C20H22N2O2S2/c1-3-24-14-13-22-17-7-5-6-8-18(17)26-20(22)21-19(23)15-9-11-16(12-10-15)25-4-2/h5-12H,3-4,13-14H2,1-2H3. The van der Waals surface area contributed by atoms with Crippen molar-refractivity contribution in [3.8, 4) is 0 Å². The number of thioether (sulfide) groups is 1. The quantitative estimate of drug-likeness (QED) is 0.440. The van der Waals surface area contributed by atoms with Gasteiger partial charge in [-0.3, -0.25) is 4.79 Å². The van der Waals surface area contributed by atoms with Crippen LogP contribution in [0.1, 0.15) is 24.2 Å². The van der Waals surface area contributed by atoms with Crippen LogP contribution in [-0.2, 0) is 11.3 Å². The molecule has 0 atom stereocenters. The van der Waals surface area contributed by atoms with E-state index in [2.05, 4.69) is 28.6 Å². The minimum atomic E-state index is -0.213. The zero-order valence-corrected chi connectivity index (χ0v) is 16.6. The monoisotopic (exact) mass is 386 g/mol. The van der Waals surface area contributed by atoms with Gasteiger partial charge in [0.05, 0.1) is 16.8 Å². The van der Waals surface area contributed by atoms with Crippen LogP contribution >= 0.6 is 23.1 Å². The highest BCUT2D eigenvalue weighted by Crippen LogP contribution is 2.19. The lowest BCUT2D eigenvalue weighted by atomic mass is 10.2. The van der Waals surface area contributed by atoms with E-state index in [4.69, 9.17) is 4.74 Å². The molecule has 0 spiro atoms. The van der Waals surface area contributed by atoms with E-state index in [0.717, 1.165) is 20.9 Å². The predicted molar refractivity (Wildman–Crippen MR) is 109 cm³/mol. The molecule has 6 heteroatoms. The zero-order valence-electron chi connectivity index (χ0n) is 15.0. The number of hydrogen-bond acceptors (Lipinski definition) is 4. The summed E-state index contributed by atoms with van der Waals surface area (Å²) >= 11 is 3.29. The third-order valence-electron chi connectivity index (χ3n) is 3.86. The van der Waals surface area contributed by atoms with Gasteiger partial charge < -0.3 is 9.30 Å². The molecule has 1 aromatic heterocycles. The molecule has 26 heavy (non-hydrogen) atoms. The molecule has 136 valence electrons. The van der Waals surface area contributed by atoms with Crippen molar-refractivity contribution < 1.29 is 9.53 Å². The van der Waals surface area contributed by atoms with Crippen molar-refractivity contribution >= 4 is 39.2 Å². The number of hydrogen-bond donors (Lipinski definition) is 0. The van der Waals surface area contributed by atoms with Gasteiger partial charge >= 0.3 is 0 Å². The molecule has 0 N–H and O–H groups in total. The number of thiazole rings is 1. The van der Waals surface area contributed by atoms with E-state index in [9.17, 15) is 4.79 Å². The van der Waals surface area contributed by atoms with Crippen LogP contribution in [-0.4, -0.2) is 29.4 Å². The van der Waals surface area contributed by atoms with Gasteiger partial charge in [0.25, 0.3) is 5.91 Å². The number of carbonyl (C=O) groups is 1. The van der Waals surface area contributed by atoms with E-state index in [0.29, 0.717) is 30.1 Å². The van der Waals surface area contributed by atoms with Gasteiger partial charge in [0.1, 0.15) is 0 Å². The number of fused-ring (bicyclic) bond motifs is 1. The van der Waals surface area contributed by atoms with Gasteiger partial charge in [0, 0.05) is 23.6 Å². The molecule has 2 aromatic carbocycles. The number of benzene rings is 2. The molecule has 0 radical (unpaired) electrons. The van der Waals surface area contributed by atoms with Crippen LogP contribution in [0.25, 0.3) is 10.2 Å². The number of nitrogens with zero attached hydrogens (tertiary/aromatic N) is 2. The normalized spacial score (nSPS) is 12.0. The maximum atomic E-state index is 12.6. The third-order valence-corrected chi connectivity index (χ3v) is 5.81. The van der Waals surface area contributed by atoms with Crippen molar-refractivity contribution in [2.24, 2.45) is 4.99 Å². The topological polar surface area (TPSA) is 43.6 Å². The molecule has 0 aliphatic rings. The molecule has 0 fully saturated rings. The van der Waals surface area contributed by atoms with Crippen molar-refractivity contribution in [2.75, 3.05) is 19.0 Å². The van der Waals surface area contributed by atoms with Crippen molar-refractivity contribution in [1.82, 2.24) is 4.57 Å². The fraction of sp³-hybridized carbons (Fsp3) is 0.300. The fourth-order valence-corrected chi connectivity index (χ4v) is 4.35. The van der Waals surface area contributed by atoms with E-state index in [1.165, 1.54) is 11.3 Å². The summed E-state index contributed by atoms with van der Waals surface area (Å²) < 4.78 is 8.67. The Morgan fingerprint density at radius 1 is 1.15 bits per heavy atom. The molecular weight excluding hydrogens is 364 g/mol. The van der Waals surface area contributed by atoms with E-state index in [1.54, 1.807) is 11.8 Å². The van der Waals surface area contributed by atoms with Crippen LogP contribution in [0.4, 0.5) is 0 Å². The molecular formula is C20H22N2O2S2. The molecule has 0 aliphatic heterocycles. The van der Waals surface area contributed by atoms with Gasteiger partial charge in [-0.1, -0.05) is 30.4 Å². The molecule has 1 amide bonds. The fourth-order valence-electron chi connectivity index (χ4n) is 2.63. The largest absolute Gasteiger partial charge is 0.380 e. The first-order valence-electron chi connectivity index (χ1n) is 8.71. The number of carbonyl (C=O) groups excluding carboxylic acids is 1. The Morgan fingerprint density at radius 3 is 2.65 bits per heavy atom. The Kier molecular flexibility index (Phi) is 6.66. The molecule has 0 bridgehead atoms. The summed E-state index contributed by atoms with van der Waals surface area (Å²) in [5.41, 5.74) is 1.69.